The summed E-state index contributed by atoms with van der Waals surface area (Å²) in [6.07, 6.45) is 2.25. The first-order chi connectivity index (χ1) is 10.5. The van der Waals surface area contributed by atoms with E-state index in [2.05, 4.69) is 9.97 Å². The molecule has 1 N–H and O–H groups in total. The maximum atomic E-state index is 11.7. The summed E-state index contributed by atoms with van der Waals surface area (Å²) in [6.45, 7) is 0. The lowest BCUT2D eigenvalue weighted by atomic mass is 10.2. The van der Waals surface area contributed by atoms with Gasteiger partial charge in [0.25, 0.3) is 11.2 Å². The van der Waals surface area contributed by atoms with E-state index >= 15 is 0 Å². The highest BCUT2D eigenvalue weighted by molar-refractivity contribution is 5.85. The fraction of sp³-hybridized carbons (Fsp3) is 0. The van der Waals surface area contributed by atoms with Crippen molar-refractivity contribution in [1.82, 2.24) is 14.5 Å². The lowest BCUT2D eigenvalue weighted by Crippen LogP contribution is -2.08. The lowest BCUT2D eigenvalue weighted by Gasteiger charge is -2.04. The maximum absolute atomic E-state index is 11.7. The topological polar surface area (TPSA) is 137 Å². The highest BCUT2D eigenvalue weighted by atomic mass is 16.6. The second kappa shape index (κ2) is 4.77. The summed E-state index contributed by atoms with van der Waals surface area (Å²) in [6, 6.07) is 5.37. The van der Waals surface area contributed by atoms with Crippen molar-refractivity contribution in [3.05, 3.63) is 67.4 Å². The molecule has 0 amide bonds. The van der Waals surface area contributed by atoms with Crippen LogP contribution >= 0.6 is 0 Å². The predicted octanol–water partition coefficient (Wildman–Crippen LogP) is 1.53. The summed E-state index contributed by atoms with van der Waals surface area (Å²) in [7, 11) is 0. The van der Waals surface area contributed by atoms with Crippen LogP contribution in [0.4, 0.5) is 11.4 Å². The van der Waals surface area contributed by atoms with Gasteiger partial charge < -0.3 is 4.98 Å². The number of imidazole rings is 1. The molecule has 0 saturated carbocycles. The van der Waals surface area contributed by atoms with E-state index < -0.39 is 15.4 Å². The molecule has 22 heavy (non-hydrogen) atoms. The molecule has 0 radical (unpaired) electrons. The third kappa shape index (κ3) is 1.98. The number of nitro benzene ring substituents is 1. The van der Waals surface area contributed by atoms with Gasteiger partial charge >= 0.3 is 5.69 Å². The van der Waals surface area contributed by atoms with Gasteiger partial charge in [0.15, 0.2) is 11.0 Å². The zero-order valence-corrected chi connectivity index (χ0v) is 10.8. The van der Waals surface area contributed by atoms with Gasteiger partial charge in [-0.05, 0) is 12.1 Å². The van der Waals surface area contributed by atoms with Gasteiger partial charge in [0.2, 0.25) is 0 Å². The van der Waals surface area contributed by atoms with Crippen molar-refractivity contribution in [2.45, 2.75) is 0 Å². The molecule has 1 aromatic carbocycles. The Labute approximate surface area is 120 Å². The molecule has 0 unspecified atom stereocenters. The van der Waals surface area contributed by atoms with Crippen LogP contribution in [0, 0.1) is 20.2 Å². The van der Waals surface area contributed by atoms with Crippen LogP contribution in [0.2, 0.25) is 0 Å². The van der Waals surface area contributed by atoms with Crippen molar-refractivity contribution in [2.24, 2.45) is 0 Å². The summed E-state index contributed by atoms with van der Waals surface area (Å²) in [5.74, 6) is 0. The smallest absolute Gasteiger partial charge is 0.311 e. The van der Waals surface area contributed by atoms with Crippen LogP contribution in [0.5, 0.6) is 0 Å². The molecule has 0 fully saturated rings. The molecule has 110 valence electrons. The standard InChI is InChI=1S/C12H7N5O5/c18-12-10-11(9(5-13-12)17(21)22)15(6-14-10)7-1-3-8(4-2-7)16(19)20/h1-6H,(H,13,18). The zero-order valence-electron chi connectivity index (χ0n) is 10.8. The van der Waals surface area contributed by atoms with Gasteiger partial charge in [0.05, 0.1) is 16.0 Å². The van der Waals surface area contributed by atoms with E-state index in [0.29, 0.717) is 5.69 Å². The van der Waals surface area contributed by atoms with Gasteiger partial charge in [0.1, 0.15) is 6.33 Å². The molecular formula is C12H7N5O5. The Balaban J connectivity index is 2.27. The van der Waals surface area contributed by atoms with Crippen molar-refractivity contribution in [3.8, 4) is 5.69 Å². The largest absolute Gasteiger partial charge is 0.321 e. The number of aromatic nitrogens is 3. The van der Waals surface area contributed by atoms with Crippen molar-refractivity contribution in [2.75, 3.05) is 0 Å². The van der Waals surface area contributed by atoms with Gasteiger partial charge in [-0.25, -0.2) is 4.98 Å². The lowest BCUT2D eigenvalue weighted by molar-refractivity contribution is -0.384. The number of rotatable bonds is 3. The zero-order chi connectivity index (χ0) is 15.9. The van der Waals surface area contributed by atoms with E-state index in [0.717, 1.165) is 6.20 Å². The first-order valence-electron chi connectivity index (χ1n) is 5.97. The molecule has 10 heteroatoms. The second-order valence-electron chi connectivity index (χ2n) is 4.35. The number of H-pyrrole nitrogens is 1. The Morgan fingerprint density at radius 2 is 1.77 bits per heavy atom. The number of benzene rings is 1. The first kappa shape index (κ1) is 13.4. The molecule has 3 aromatic rings. The van der Waals surface area contributed by atoms with Gasteiger partial charge in [-0.2, -0.15) is 0 Å². The summed E-state index contributed by atoms with van der Waals surface area (Å²) in [5, 5.41) is 21.8. The minimum absolute atomic E-state index is 0.0302. The number of nitrogens with zero attached hydrogens (tertiary/aromatic N) is 4. The molecule has 0 spiro atoms. The third-order valence-electron chi connectivity index (χ3n) is 3.10. The molecule has 2 aromatic heterocycles. The number of fused-ring (bicyclic) bond motifs is 1. The minimum atomic E-state index is -0.637. The van der Waals surface area contributed by atoms with Crippen molar-refractivity contribution >= 4 is 22.4 Å². The Morgan fingerprint density at radius 1 is 1.09 bits per heavy atom. The Hall–Kier alpha value is -3.56. The number of non-ortho nitro benzene ring substituents is 1. The maximum Gasteiger partial charge on any atom is 0.311 e. The van der Waals surface area contributed by atoms with Crippen LogP contribution in [0.1, 0.15) is 0 Å². The normalized spacial score (nSPS) is 10.7. The Kier molecular flexibility index (Phi) is 2.91. The van der Waals surface area contributed by atoms with E-state index in [1.165, 1.54) is 35.2 Å². The number of aromatic amines is 1. The minimum Gasteiger partial charge on any atom is -0.321 e. The average Bonchev–Trinajstić information content (AvgIpc) is 2.93. The third-order valence-corrected chi connectivity index (χ3v) is 3.10. The molecule has 0 aliphatic carbocycles. The van der Waals surface area contributed by atoms with Gasteiger partial charge in [0, 0.05) is 17.8 Å². The molecule has 0 saturated heterocycles. The fourth-order valence-corrected chi connectivity index (χ4v) is 2.10. The summed E-state index contributed by atoms with van der Waals surface area (Å²) < 4.78 is 1.34. The van der Waals surface area contributed by atoms with E-state index in [4.69, 9.17) is 0 Å². The van der Waals surface area contributed by atoms with E-state index in [1.54, 1.807) is 0 Å². The molecule has 0 bridgehead atoms. The SMILES string of the molecule is O=c1[nH]cc([N+](=O)[O-])c2c1ncn2-c1ccc([N+](=O)[O-])cc1. The molecule has 0 atom stereocenters. The fourth-order valence-electron chi connectivity index (χ4n) is 2.10. The van der Waals surface area contributed by atoms with Gasteiger partial charge in [-0.3, -0.25) is 29.6 Å². The van der Waals surface area contributed by atoms with Crippen LogP contribution in [0.3, 0.4) is 0 Å². The highest BCUT2D eigenvalue weighted by Gasteiger charge is 2.20. The number of pyridine rings is 1. The molecule has 3 rings (SSSR count). The van der Waals surface area contributed by atoms with Crippen molar-refractivity contribution < 1.29 is 9.85 Å². The van der Waals surface area contributed by atoms with Crippen LogP contribution in [-0.4, -0.2) is 24.4 Å². The average molecular weight is 301 g/mol. The van der Waals surface area contributed by atoms with Crippen molar-refractivity contribution in [3.63, 3.8) is 0 Å². The van der Waals surface area contributed by atoms with Crippen LogP contribution in [0.25, 0.3) is 16.7 Å². The number of hydrogen-bond acceptors (Lipinski definition) is 6. The molecule has 2 heterocycles. The monoisotopic (exact) mass is 301 g/mol. The van der Waals surface area contributed by atoms with E-state index in [-0.39, 0.29) is 22.4 Å². The van der Waals surface area contributed by atoms with Crippen molar-refractivity contribution in [1.29, 1.82) is 0 Å². The first-order valence-corrected chi connectivity index (χ1v) is 5.97. The van der Waals surface area contributed by atoms with Gasteiger partial charge in [-0.1, -0.05) is 0 Å². The number of hydrogen-bond donors (Lipinski definition) is 1. The van der Waals surface area contributed by atoms with Crippen LogP contribution in [-0.2, 0) is 0 Å². The molecular weight excluding hydrogens is 294 g/mol. The van der Waals surface area contributed by atoms with Gasteiger partial charge in [-0.15, -0.1) is 0 Å². The highest BCUT2D eigenvalue weighted by Crippen LogP contribution is 2.25. The Bertz CT molecular complexity index is 956. The van der Waals surface area contributed by atoms with E-state index in [9.17, 15) is 25.0 Å². The summed E-state index contributed by atoms with van der Waals surface area (Å²) in [4.78, 5) is 38.4. The summed E-state index contributed by atoms with van der Waals surface area (Å²) in [5.41, 5.74) is -0.607. The molecule has 0 aliphatic rings. The molecule has 10 nitrogen and oxygen atoms in total. The second-order valence-corrected chi connectivity index (χ2v) is 4.35. The number of nitro groups is 2. The van der Waals surface area contributed by atoms with Crippen LogP contribution in [0.15, 0.2) is 41.6 Å². The molecule has 0 aliphatic heterocycles. The number of nitrogens with one attached hydrogen (secondary N) is 1. The summed E-state index contributed by atoms with van der Waals surface area (Å²) >= 11 is 0. The quantitative estimate of drug-likeness (QED) is 0.575. The van der Waals surface area contributed by atoms with Crippen LogP contribution < -0.4 is 5.56 Å². The Morgan fingerprint density at radius 3 is 2.36 bits per heavy atom. The van der Waals surface area contributed by atoms with E-state index in [1.807, 2.05) is 0 Å². The predicted molar refractivity (Wildman–Crippen MR) is 75.0 cm³/mol.